The molecule has 4 N–H and O–H groups in total. The number of hydrogen-bond donors (Lipinski definition) is 3. The molecular formula is C18H21N3O5S. The van der Waals surface area contributed by atoms with Crippen LogP contribution < -0.4 is 15.8 Å². The molecule has 0 aliphatic rings. The number of methoxy groups -OCH3 is 1. The van der Waals surface area contributed by atoms with Gasteiger partial charge in [0.2, 0.25) is 15.9 Å². The largest absolute Gasteiger partial charge is 0.383 e. The van der Waals surface area contributed by atoms with Crippen LogP contribution in [0.5, 0.6) is 0 Å². The number of rotatable bonds is 9. The normalized spacial score (nSPS) is 12.3. The van der Waals surface area contributed by atoms with Crippen LogP contribution in [0.25, 0.3) is 0 Å². The molecule has 0 spiro atoms. The lowest BCUT2D eigenvalue weighted by atomic mass is 10.1. The smallest absolute Gasteiger partial charge is 0.252 e. The molecule has 27 heavy (non-hydrogen) atoms. The number of hydrogen-bond acceptors (Lipinski definition) is 5. The molecule has 2 aromatic carbocycles. The van der Waals surface area contributed by atoms with Crippen molar-refractivity contribution in [1.29, 1.82) is 0 Å². The van der Waals surface area contributed by atoms with Gasteiger partial charge in [-0.05, 0) is 23.8 Å². The maximum absolute atomic E-state index is 12.5. The Kier molecular flexibility index (Phi) is 7.05. The predicted molar refractivity (Wildman–Crippen MR) is 99.4 cm³/mol. The molecule has 0 aliphatic carbocycles. The van der Waals surface area contributed by atoms with Crippen molar-refractivity contribution in [2.75, 3.05) is 20.3 Å². The van der Waals surface area contributed by atoms with Gasteiger partial charge < -0.3 is 15.8 Å². The molecule has 0 heterocycles. The van der Waals surface area contributed by atoms with E-state index in [2.05, 4.69) is 10.0 Å². The fourth-order valence-corrected chi connectivity index (χ4v) is 3.40. The van der Waals surface area contributed by atoms with Gasteiger partial charge in [-0.1, -0.05) is 36.4 Å². The Balaban J connectivity index is 2.20. The summed E-state index contributed by atoms with van der Waals surface area (Å²) >= 11 is 0. The summed E-state index contributed by atoms with van der Waals surface area (Å²) in [5, 5.41) is 2.53. The van der Waals surface area contributed by atoms with Crippen LogP contribution in [0.15, 0.2) is 59.5 Å². The predicted octanol–water partition coefficient (Wildman–Crippen LogP) is 0.568. The van der Waals surface area contributed by atoms with Crippen LogP contribution in [0.1, 0.15) is 22.0 Å². The van der Waals surface area contributed by atoms with Gasteiger partial charge in [-0.15, -0.1) is 0 Å². The number of amides is 2. The second-order valence-corrected chi connectivity index (χ2v) is 7.40. The van der Waals surface area contributed by atoms with Gasteiger partial charge in [-0.3, -0.25) is 9.59 Å². The summed E-state index contributed by atoms with van der Waals surface area (Å²) in [7, 11) is -2.33. The zero-order valence-corrected chi connectivity index (χ0v) is 15.5. The van der Waals surface area contributed by atoms with Crippen molar-refractivity contribution in [2.24, 2.45) is 5.73 Å². The van der Waals surface area contributed by atoms with Crippen molar-refractivity contribution in [3.8, 4) is 0 Å². The molecule has 144 valence electrons. The summed E-state index contributed by atoms with van der Waals surface area (Å²) in [4.78, 5) is 24.2. The standard InChI is InChI=1S/C18H21N3O5S/c1-26-11-10-20-27(24,25)15-9-5-8-14(12-15)18(23)21-16(17(19)22)13-6-3-2-4-7-13/h2-9,12,16,20H,10-11H2,1H3,(H2,19,22)(H,21,23). The summed E-state index contributed by atoms with van der Waals surface area (Å²) in [6, 6.07) is 13.0. The molecule has 2 aromatic rings. The quantitative estimate of drug-likeness (QED) is 0.539. The Hall–Kier alpha value is -2.75. The Labute approximate surface area is 157 Å². The van der Waals surface area contributed by atoms with E-state index in [4.69, 9.17) is 10.5 Å². The highest BCUT2D eigenvalue weighted by Gasteiger charge is 2.22. The van der Waals surface area contributed by atoms with Crippen LogP contribution in [0.3, 0.4) is 0 Å². The van der Waals surface area contributed by atoms with E-state index in [1.54, 1.807) is 30.3 Å². The molecule has 0 aliphatic heterocycles. The lowest BCUT2D eigenvalue weighted by Crippen LogP contribution is -2.37. The Morgan fingerprint density at radius 1 is 1.11 bits per heavy atom. The van der Waals surface area contributed by atoms with E-state index in [9.17, 15) is 18.0 Å². The van der Waals surface area contributed by atoms with E-state index in [0.717, 1.165) is 0 Å². The summed E-state index contributed by atoms with van der Waals surface area (Å²) < 4.78 is 31.7. The van der Waals surface area contributed by atoms with Crippen LogP contribution in [0.4, 0.5) is 0 Å². The van der Waals surface area contributed by atoms with Gasteiger partial charge >= 0.3 is 0 Å². The average Bonchev–Trinajstić information content (AvgIpc) is 2.66. The lowest BCUT2D eigenvalue weighted by Gasteiger charge is -2.16. The molecule has 2 amide bonds. The third-order valence-corrected chi connectivity index (χ3v) is 5.16. The fraction of sp³-hybridized carbons (Fsp3) is 0.222. The molecule has 1 unspecified atom stereocenters. The number of sulfonamides is 1. The first-order valence-electron chi connectivity index (χ1n) is 8.09. The lowest BCUT2D eigenvalue weighted by molar-refractivity contribution is -0.120. The van der Waals surface area contributed by atoms with Gasteiger partial charge in [0.05, 0.1) is 11.5 Å². The number of ether oxygens (including phenoxy) is 1. The minimum atomic E-state index is -3.79. The summed E-state index contributed by atoms with van der Waals surface area (Å²) in [6.07, 6.45) is 0. The molecule has 1 atom stereocenters. The topological polar surface area (TPSA) is 128 Å². The molecule has 0 radical (unpaired) electrons. The van der Waals surface area contributed by atoms with Gasteiger partial charge in [0.25, 0.3) is 5.91 Å². The maximum atomic E-state index is 12.5. The Morgan fingerprint density at radius 2 is 1.81 bits per heavy atom. The van der Waals surface area contributed by atoms with Crippen LogP contribution in [0.2, 0.25) is 0 Å². The van der Waals surface area contributed by atoms with Crippen LogP contribution in [0, 0.1) is 0 Å². The van der Waals surface area contributed by atoms with Crippen LogP contribution in [-0.2, 0) is 19.6 Å². The van der Waals surface area contributed by atoms with Crippen molar-refractivity contribution in [1.82, 2.24) is 10.0 Å². The van der Waals surface area contributed by atoms with Crippen molar-refractivity contribution in [3.63, 3.8) is 0 Å². The highest BCUT2D eigenvalue weighted by molar-refractivity contribution is 7.89. The number of benzene rings is 2. The van der Waals surface area contributed by atoms with Gasteiger partial charge in [-0.2, -0.15) is 0 Å². The minimum absolute atomic E-state index is 0.0680. The van der Waals surface area contributed by atoms with Crippen LogP contribution in [-0.4, -0.2) is 40.5 Å². The Morgan fingerprint density at radius 3 is 2.44 bits per heavy atom. The number of carbonyl (C=O) groups excluding carboxylic acids is 2. The third kappa shape index (κ3) is 5.61. The molecular weight excluding hydrogens is 370 g/mol. The number of carbonyl (C=O) groups is 2. The molecule has 8 nitrogen and oxygen atoms in total. The number of nitrogens with two attached hydrogens (primary N) is 1. The first-order chi connectivity index (χ1) is 12.8. The second-order valence-electron chi connectivity index (χ2n) is 5.64. The van der Waals surface area contributed by atoms with Gasteiger partial charge in [-0.25, -0.2) is 13.1 Å². The fourth-order valence-electron chi connectivity index (χ4n) is 2.34. The molecule has 0 fully saturated rings. The zero-order valence-electron chi connectivity index (χ0n) is 14.7. The van der Waals surface area contributed by atoms with Crippen molar-refractivity contribution in [3.05, 3.63) is 65.7 Å². The van der Waals surface area contributed by atoms with E-state index in [1.807, 2.05) is 0 Å². The van der Waals surface area contributed by atoms with Gasteiger partial charge in [0.15, 0.2) is 0 Å². The second kappa shape index (κ2) is 9.26. The first kappa shape index (κ1) is 20.6. The molecule has 0 saturated heterocycles. The van der Waals surface area contributed by atoms with Gasteiger partial charge in [0, 0.05) is 19.2 Å². The van der Waals surface area contributed by atoms with E-state index in [1.165, 1.54) is 31.4 Å². The first-order valence-corrected chi connectivity index (χ1v) is 9.57. The maximum Gasteiger partial charge on any atom is 0.252 e. The average molecular weight is 391 g/mol. The molecule has 0 bridgehead atoms. The van der Waals surface area contributed by atoms with E-state index < -0.39 is 27.9 Å². The molecule has 0 saturated carbocycles. The monoisotopic (exact) mass is 391 g/mol. The molecule has 2 rings (SSSR count). The van der Waals surface area contributed by atoms with Crippen molar-refractivity contribution >= 4 is 21.8 Å². The van der Waals surface area contributed by atoms with E-state index in [0.29, 0.717) is 5.56 Å². The summed E-state index contributed by atoms with van der Waals surface area (Å²) in [5.74, 6) is -1.34. The van der Waals surface area contributed by atoms with E-state index >= 15 is 0 Å². The highest BCUT2D eigenvalue weighted by atomic mass is 32.2. The SMILES string of the molecule is COCCNS(=O)(=O)c1cccc(C(=O)NC(C(N)=O)c2ccccc2)c1. The van der Waals surface area contributed by atoms with Crippen molar-refractivity contribution < 1.29 is 22.7 Å². The summed E-state index contributed by atoms with van der Waals surface area (Å²) in [5.41, 5.74) is 6.01. The summed E-state index contributed by atoms with van der Waals surface area (Å²) in [6.45, 7) is 0.323. The number of primary amides is 1. The van der Waals surface area contributed by atoms with Gasteiger partial charge in [0.1, 0.15) is 6.04 Å². The Bertz CT molecular complexity index is 900. The van der Waals surface area contributed by atoms with Crippen LogP contribution >= 0.6 is 0 Å². The zero-order chi connectivity index (χ0) is 19.9. The molecule has 0 aromatic heterocycles. The highest BCUT2D eigenvalue weighted by Crippen LogP contribution is 2.15. The molecule has 9 heteroatoms. The van der Waals surface area contributed by atoms with Crippen molar-refractivity contribution in [2.45, 2.75) is 10.9 Å². The minimum Gasteiger partial charge on any atom is -0.383 e. The number of nitrogens with one attached hydrogen (secondary N) is 2. The van der Waals surface area contributed by atoms with E-state index in [-0.39, 0.29) is 23.6 Å². The third-order valence-electron chi connectivity index (χ3n) is 3.70.